The quantitative estimate of drug-likeness (QED) is 0.772. The molecule has 1 amide bonds. The summed E-state index contributed by atoms with van der Waals surface area (Å²) in [5.41, 5.74) is -0.0490. The molecule has 2 rings (SSSR count). The summed E-state index contributed by atoms with van der Waals surface area (Å²) >= 11 is 6.03. The number of carbonyl (C=O) groups excluding carboxylic acids is 1. The van der Waals surface area contributed by atoms with E-state index in [1.807, 2.05) is 0 Å². The monoisotopic (exact) mass is 363 g/mol. The van der Waals surface area contributed by atoms with Crippen molar-refractivity contribution in [3.63, 3.8) is 0 Å². The summed E-state index contributed by atoms with van der Waals surface area (Å²) in [5.74, 6) is -0.197. The van der Waals surface area contributed by atoms with E-state index in [2.05, 4.69) is 5.32 Å². The van der Waals surface area contributed by atoms with Gasteiger partial charge in [0.05, 0.1) is 18.7 Å². The first-order valence-electron chi connectivity index (χ1n) is 7.60. The van der Waals surface area contributed by atoms with Crippen LogP contribution in [0.1, 0.15) is 18.1 Å². The number of hydrogen-bond donors (Lipinski definition) is 2. The van der Waals surface area contributed by atoms with Crippen molar-refractivity contribution in [2.24, 2.45) is 0 Å². The zero-order chi connectivity index (χ0) is 18.4. The van der Waals surface area contributed by atoms with Gasteiger partial charge in [0.1, 0.15) is 17.2 Å². The Labute approximate surface area is 150 Å². The lowest BCUT2D eigenvalue weighted by molar-refractivity contribution is -0.117. The third kappa shape index (κ3) is 5.31. The van der Waals surface area contributed by atoms with E-state index >= 15 is 0 Å². The molecule has 132 valence electrons. The first-order chi connectivity index (χ1) is 11.8. The zero-order valence-electron chi connectivity index (χ0n) is 13.9. The lowest BCUT2D eigenvalue weighted by Crippen LogP contribution is -2.37. The maximum Gasteiger partial charge on any atom is 0.244 e. The van der Waals surface area contributed by atoms with Gasteiger partial charge in [0, 0.05) is 6.08 Å². The van der Waals surface area contributed by atoms with E-state index in [1.54, 1.807) is 31.2 Å². The smallest absolute Gasteiger partial charge is 0.244 e. The van der Waals surface area contributed by atoms with Crippen molar-refractivity contribution < 1.29 is 19.0 Å². The summed E-state index contributed by atoms with van der Waals surface area (Å²) in [5, 5.41) is 13.5. The molecule has 0 bridgehead atoms. The van der Waals surface area contributed by atoms with E-state index in [4.69, 9.17) is 16.3 Å². The molecule has 0 aromatic heterocycles. The number of amides is 1. The van der Waals surface area contributed by atoms with Gasteiger partial charge >= 0.3 is 0 Å². The summed E-state index contributed by atoms with van der Waals surface area (Å²) in [6, 6.07) is 10.6. The number of carbonyl (C=O) groups is 1. The van der Waals surface area contributed by atoms with Gasteiger partial charge in [-0.15, -0.1) is 0 Å². The highest BCUT2D eigenvalue weighted by Gasteiger charge is 2.23. The van der Waals surface area contributed by atoms with Crippen molar-refractivity contribution in [1.82, 2.24) is 5.32 Å². The van der Waals surface area contributed by atoms with E-state index in [0.717, 1.165) is 5.56 Å². The molecule has 2 aromatic rings. The topological polar surface area (TPSA) is 58.6 Å². The molecule has 1 unspecified atom stereocenters. The normalized spacial score (nSPS) is 13.5. The van der Waals surface area contributed by atoms with Gasteiger partial charge in [0.15, 0.2) is 0 Å². The van der Waals surface area contributed by atoms with Crippen LogP contribution in [0.4, 0.5) is 4.39 Å². The maximum absolute atomic E-state index is 12.9. The van der Waals surface area contributed by atoms with E-state index < -0.39 is 5.60 Å². The zero-order valence-corrected chi connectivity index (χ0v) is 14.7. The minimum absolute atomic E-state index is 0.00876. The summed E-state index contributed by atoms with van der Waals surface area (Å²) in [4.78, 5) is 11.9. The van der Waals surface area contributed by atoms with Gasteiger partial charge in [-0.25, -0.2) is 4.39 Å². The van der Waals surface area contributed by atoms with E-state index in [1.165, 1.54) is 37.5 Å². The molecule has 25 heavy (non-hydrogen) atoms. The standard InChI is InChI=1S/C19H19ClFNO3/c1-19(24,14-5-7-15(21)8-6-14)12-22-18(23)10-4-13-3-9-17(25-2)16(20)11-13/h3-11,24H,12H2,1-2H3,(H,22,23)/b10-4+. The molecular weight excluding hydrogens is 345 g/mol. The molecule has 0 aliphatic carbocycles. The van der Waals surface area contributed by atoms with Crippen LogP contribution in [0.5, 0.6) is 5.75 Å². The Kier molecular flexibility index (Phi) is 6.17. The Hall–Kier alpha value is -2.37. The van der Waals surface area contributed by atoms with Crippen molar-refractivity contribution in [3.8, 4) is 5.75 Å². The van der Waals surface area contributed by atoms with Crippen molar-refractivity contribution in [3.05, 3.63) is 70.5 Å². The lowest BCUT2D eigenvalue weighted by atomic mass is 9.96. The second-order valence-electron chi connectivity index (χ2n) is 5.73. The van der Waals surface area contributed by atoms with Crippen molar-refractivity contribution in [2.75, 3.05) is 13.7 Å². The molecule has 6 heteroatoms. The first kappa shape index (κ1) is 19.0. The highest BCUT2D eigenvalue weighted by Crippen LogP contribution is 2.25. The Morgan fingerprint density at radius 1 is 1.32 bits per heavy atom. The van der Waals surface area contributed by atoms with Gasteiger partial charge in [-0.3, -0.25) is 4.79 Å². The molecule has 0 saturated carbocycles. The number of rotatable bonds is 6. The summed E-state index contributed by atoms with van der Waals surface area (Å²) in [6.07, 6.45) is 2.95. The molecule has 0 spiro atoms. The number of aliphatic hydroxyl groups is 1. The molecule has 0 radical (unpaired) electrons. The van der Waals surface area contributed by atoms with Crippen LogP contribution >= 0.6 is 11.6 Å². The summed E-state index contributed by atoms with van der Waals surface area (Å²) in [7, 11) is 1.52. The minimum atomic E-state index is -1.30. The molecule has 0 fully saturated rings. The highest BCUT2D eigenvalue weighted by molar-refractivity contribution is 6.32. The van der Waals surface area contributed by atoms with Crippen LogP contribution in [-0.2, 0) is 10.4 Å². The molecule has 2 aromatic carbocycles. The first-order valence-corrected chi connectivity index (χ1v) is 7.97. The highest BCUT2D eigenvalue weighted by atomic mass is 35.5. The number of methoxy groups -OCH3 is 1. The molecule has 2 N–H and O–H groups in total. The van der Waals surface area contributed by atoms with Gasteiger partial charge < -0.3 is 15.2 Å². The molecule has 0 saturated heterocycles. The van der Waals surface area contributed by atoms with Crippen LogP contribution in [0.3, 0.4) is 0 Å². The number of hydrogen-bond acceptors (Lipinski definition) is 3. The third-order valence-electron chi connectivity index (χ3n) is 3.68. The largest absolute Gasteiger partial charge is 0.495 e. The lowest BCUT2D eigenvalue weighted by Gasteiger charge is -2.23. The Morgan fingerprint density at radius 3 is 2.60 bits per heavy atom. The van der Waals surface area contributed by atoms with Crippen LogP contribution in [0, 0.1) is 5.82 Å². The van der Waals surface area contributed by atoms with Crippen molar-refractivity contribution in [2.45, 2.75) is 12.5 Å². The molecule has 1 atom stereocenters. The van der Waals surface area contributed by atoms with Crippen LogP contribution < -0.4 is 10.1 Å². The van der Waals surface area contributed by atoms with Gasteiger partial charge in [-0.2, -0.15) is 0 Å². The van der Waals surface area contributed by atoms with E-state index in [0.29, 0.717) is 16.3 Å². The number of benzene rings is 2. The molecule has 0 heterocycles. The van der Waals surface area contributed by atoms with Gasteiger partial charge in [0.25, 0.3) is 0 Å². The van der Waals surface area contributed by atoms with Gasteiger partial charge in [-0.1, -0.05) is 29.8 Å². The Bertz CT molecular complexity index is 773. The predicted octanol–water partition coefficient (Wildman–Crippen LogP) is 3.52. The van der Waals surface area contributed by atoms with E-state index in [9.17, 15) is 14.3 Å². The van der Waals surface area contributed by atoms with Crippen molar-refractivity contribution >= 4 is 23.6 Å². The van der Waals surface area contributed by atoms with Gasteiger partial charge in [0.2, 0.25) is 5.91 Å². The Balaban J connectivity index is 1.95. The summed E-state index contributed by atoms with van der Waals surface area (Å²) in [6.45, 7) is 1.54. The van der Waals surface area contributed by atoms with Crippen LogP contribution in [-0.4, -0.2) is 24.7 Å². The fourth-order valence-corrected chi connectivity index (χ4v) is 2.45. The van der Waals surface area contributed by atoms with E-state index in [-0.39, 0.29) is 18.3 Å². The third-order valence-corrected chi connectivity index (χ3v) is 3.97. The molecule has 0 aliphatic rings. The molecule has 0 aliphatic heterocycles. The number of ether oxygens (including phenoxy) is 1. The fraction of sp³-hybridized carbons (Fsp3) is 0.211. The minimum Gasteiger partial charge on any atom is -0.495 e. The van der Waals surface area contributed by atoms with Crippen LogP contribution in [0.25, 0.3) is 6.08 Å². The van der Waals surface area contributed by atoms with Crippen molar-refractivity contribution in [1.29, 1.82) is 0 Å². The maximum atomic E-state index is 12.9. The average Bonchev–Trinajstić information content (AvgIpc) is 2.59. The van der Waals surface area contributed by atoms with Crippen LogP contribution in [0.15, 0.2) is 48.5 Å². The second kappa shape index (κ2) is 8.14. The molecule has 4 nitrogen and oxygen atoms in total. The van der Waals surface area contributed by atoms with Gasteiger partial charge in [-0.05, 0) is 48.4 Å². The summed E-state index contributed by atoms with van der Waals surface area (Å²) < 4.78 is 18.0. The second-order valence-corrected chi connectivity index (χ2v) is 6.13. The average molecular weight is 364 g/mol. The number of halogens is 2. The Morgan fingerprint density at radius 2 is 2.00 bits per heavy atom. The fourth-order valence-electron chi connectivity index (χ4n) is 2.19. The van der Waals surface area contributed by atoms with Crippen LogP contribution in [0.2, 0.25) is 5.02 Å². The SMILES string of the molecule is COc1ccc(/C=C/C(=O)NCC(C)(O)c2ccc(F)cc2)cc1Cl. The predicted molar refractivity (Wildman–Crippen MR) is 96.0 cm³/mol. The molecular formula is C19H19ClFNO3. The number of nitrogens with one attached hydrogen (secondary N) is 1.